The molecule has 118 valence electrons. The Hall–Kier alpha value is -1.37. The molecule has 0 amide bonds. The Balaban J connectivity index is 2.15. The second-order valence-electron chi connectivity index (χ2n) is 5.88. The van der Waals surface area contributed by atoms with Gasteiger partial charge in [0.1, 0.15) is 11.5 Å². The Kier molecular flexibility index (Phi) is 4.94. The first-order chi connectivity index (χ1) is 10.2. The zero-order chi connectivity index (χ0) is 16.4. The number of ether oxygens (including phenoxy) is 1. The van der Waals surface area contributed by atoms with E-state index >= 15 is 0 Å². The lowest BCUT2D eigenvalue weighted by Crippen LogP contribution is -2.40. The molecule has 0 aliphatic rings. The van der Waals surface area contributed by atoms with Gasteiger partial charge in [0.2, 0.25) is 10.0 Å². The fourth-order valence-electron chi connectivity index (χ4n) is 1.79. The fourth-order valence-corrected chi connectivity index (χ4v) is 3.47. The predicted octanol–water partition coefficient (Wildman–Crippen LogP) is 4.32. The molecule has 2 rings (SSSR count). The van der Waals surface area contributed by atoms with Crippen LogP contribution in [0.3, 0.4) is 0 Å². The minimum absolute atomic E-state index is 0.214. The Bertz CT molecular complexity index is 732. The summed E-state index contributed by atoms with van der Waals surface area (Å²) in [5, 5.41) is 0. The Morgan fingerprint density at radius 2 is 1.36 bits per heavy atom. The predicted molar refractivity (Wildman–Crippen MR) is 90.7 cm³/mol. The summed E-state index contributed by atoms with van der Waals surface area (Å²) in [7, 11) is -3.52. The van der Waals surface area contributed by atoms with Crippen LogP contribution in [-0.2, 0) is 10.0 Å². The maximum absolute atomic E-state index is 12.2. The Morgan fingerprint density at radius 3 is 1.82 bits per heavy atom. The number of nitrogens with one attached hydrogen (secondary N) is 1. The molecular weight excluding hydrogens is 366 g/mol. The monoisotopic (exact) mass is 383 g/mol. The van der Waals surface area contributed by atoms with E-state index in [1.807, 2.05) is 24.3 Å². The third-order valence-corrected chi connectivity index (χ3v) is 4.93. The first-order valence-corrected chi connectivity index (χ1v) is 9.01. The fraction of sp³-hybridized carbons (Fsp3) is 0.250. The van der Waals surface area contributed by atoms with Gasteiger partial charge in [-0.1, -0.05) is 15.9 Å². The quantitative estimate of drug-likeness (QED) is 0.854. The van der Waals surface area contributed by atoms with Gasteiger partial charge < -0.3 is 4.74 Å². The summed E-state index contributed by atoms with van der Waals surface area (Å²) in [4.78, 5) is 0.214. The van der Waals surface area contributed by atoms with Crippen molar-refractivity contribution in [1.82, 2.24) is 4.72 Å². The van der Waals surface area contributed by atoms with Crippen LogP contribution in [0.25, 0.3) is 0 Å². The molecule has 4 nitrogen and oxygen atoms in total. The molecule has 0 spiro atoms. The number of rotatable bonds is 4. The highest BCUT2D eigenvalue weighted by Gasteiger charge is 2.21. The first-order valence-electron chi connectivity index (χ1n) is 6.73. The van der Waals surface area contributed by atoms with E-state index in [1.165, 1.54) is 12.1 Å². The molecule has 0 radical (unpaired) electrons. The van der Waals surface area contributed by atoms with Crippen LogP contribution in [0.5, 0.6) is 11.5 Å². The summed E-state index contributed by atoms with van der Waals surface area (Å²) < 4.78 is 33.6. The van der Waals surface area contributed by atoms with E-state index in [0.717, 1.165) is 4.47 Å². The maximum atomic E-state index is 12.2. The molecule has 22 heavy (non-hydrogen) atoms. The molecule has 0 fully saturated rings. The van der Waals surface area contributed by atoms with Crippen LogP contribution in [0.4, 0.5) is 0 Å². The van der Waals surface area contributed by atoms with Crippen molar-refractivity contribution in [2.24, 2.45) is 0 Å². The van der Waals surface area contributed by atoms with Crippen molar-refractivity contribution in [3.05, 3.63) is 53.0 Å². The van der Waals surface area contributed by atoms with Gasteiger partial charge in [-0.3, -0.25) is 0 Å². The van der Waals surface area contributed by atoms with Crippen molar-refractivity contribution >= 4 is 26.0 Å². The van der Waals surface area contributed by atoms with Gasteiger partial charge in [0.05, 0.1) is 4.90 Å². The topological polar surface area (TPSA) is 55.4 Å². The molecule has 0 aliphatic heterocycles. The van der Waals surface area contributed by atoms with Crippen LogP contribution in [0, 0.1) is 0 Å². The summed E-state index contributed by atoms with van der Waals surface area (Å²) >= 11 is 3.36. The van der Waals surface area contributed by atoms with Crippen molar-refractivity contribution < 1.29 is 13.2 Å². The van der Waals surface area contributed by atoms with Crippen molar-refractivity contribution in [1.29, 1.82) is 0 Å². The number of benzene rings is 2. The number of hydrogen-bond acceptors (Lipinski definition) is 3. The summed E-state index contributed by atoms with van der Waals surface area (Å²) in [6.07, 6.45) is 0. The first kappa shape index (κ1) is 17.0. The average Bonchev–Trinajstić information content (AvgIpc) is 2.39. The Morgan fingerprint density at radius 1 is 0.909 bits per heavy atom. The van der Waals surface area contributed by atoms with E-state index in [2.05, 4.69) is 20.7 Å². The molecule has 0 heterocycles. The third-order valence-electron chi connectivity index (χ3n) is 2.62. The molecule has 0 atom stereocenters. The van der Waals surface area contributed by atoms with Crippen LogP contribution >= 0.6 is 15.9 Å². The minimum atomic E-state index is -3.52. The number of sulfonamides is 1. The largest absolute Gasteiger partial charge is 0.457 e. The zero-order valence-electron chi connectivity index (χ0n) is 12.6. The van der Waals surface area contributed by atoms with Crippen molar-refractivity contribution in [2.75, 3.05) is 0 Å². The highest BCUT2D eigenvalue weighted by molar-refractivity contribution is 9.10. The van der Waals surface area contributed by atoms with Crippen LogP contribution in [0.15, 0.2) is 57.9 Å². The molecule has 2 aromatic carbocycles. The van der Waals surface area contributed by atoms with Crippen LogP contribution in [0.2, 0.25) is 0 Å². The standard InChI is InChI=1S/C16H18BrNO3S/c1-16(2,3)18-22(19,20)15-10-8-14(9-11-15)21-13-6-4-12(17)5-7-13/h4-11,18H,1-3H3. The highest BCUT2D eigenvalue weighted by atomic mass is 79.9. The van der Waals surface area contributed by atoms with Gasteiger partial charge in [0.15, 0.2) is 0 Å². The van der Waals surface area contributed by atoms with Gasteiger partial charge in [-0.05, 0) is 69.3 Å². The highest BCUT2D eigenvalue weighted by Crippen LogP contribution is 2.24. The molecule has 6 heteroatoms. The summed E-state index contributed by atoms with van der Waals surface area (Å²) in [6, 6.07) is 13.7. The van der Waals surface area contributed by atoms with Crippen LogP contribution in [-0.4, -0.2) is 14.0 Å². The van der Waals surface area contributed by atoms with E-state index in [1.54, 1.807) is 32.9 Å². The van der Waals surface area contributed by atoms with Gasteiger partial charge in [-0.2, -0.15) is 0 Å². The summed E-state index contributed by atoms with van der Waals surface area (Å²) in [5.74, 6) is 1.27. The van der Waals surface area contributed by atoms with E-state index in [0.29, 0.717) is 11.5 Å². The van der Waals surface area contributed by atoms with Gasteiger partial charge in [0, 0.05) is 10.0 Å². The second-order valence-corrected chi connectivity index (χ2v) is 8.48. The molecule has 0 bridgehead atoms. The van der Waals surface area contributed by atoms with E-state index < -0.39 is 15.6 Å². The van der Waals surface area contributed by atoms with Crippen molar-refractivity contribution in [2.45, 2.75) is 31.2 Å². The molecule has 0 unspecified atom stereocenters. The minimum Gasteiger partial charge on any atom is -0.457 e. The lowest BCUT2D eigenvalue weighted by molar-refractivity contribution is 0.481. The van der Waals surface area contributed by atoms with E-state index in [-0.39, 0.29) is 4.90 Å². The molecule has 0 aromatic heterocycles. The zero-order valence-corrected chi connectivity index (χ0v) is 15.0. The van der Waals surface area contributed by atoms with E-state index in [9.17, 15) is 8.42 Å². The lowest BCUT2D eigenvalue weighted by atomic mass is 10.1. The van der Waals surface area contributed by atoms with Gasteiger partial charge in [-0.15, -0.1) is 0 Å². The number of halogens is 1. The maximum Gasteiger partial charge on any atom is 0.241 e. The van der Waals surface area contributed by atoms with Gasteiger partial charge in [-0.25, -0.2) is 13.1 Å². The van der Waals surface area contributed by atoms with E-state index in [4.69, 9.17) is 4.74 Å². The van der Waals surface area contributed by atoms with Gasteiger partial charge in [0.25, 0.3) is 0 Å². The summed E-state index contributed by atoms with van der Waals surface area (Å²) in [6.45, 7) is 5.40. The normalized spacial score (nSPS) is 12.2. The molecule has 1 N–H and O–H groups in total. The smallest absolute Gasteiger partial charge is 0.241 e. The Labute approximate surface area is 139 Å². The molecule has 0 saturated carbocycles. The van der Waals surface area contributed by atoms with Crippen molar-refractivity contribution in [3.8, 4) is 11.5 Å². The molecular formula is C16H18BrNO3S. The lowest BCUT2D eigenvalue weighted by Gasteiger charge is -2.20. The second kappa shape index (κ2) is 6.40. The molecule has 0 saturated heterocycles. The van der Waals surface area contributed by atoms with Gasteiger partial charge >= 0.3 is 0 Å². The average molecular weight is 384 g/mol. The SMILES string of the molecule is CC(C)(C)NS(=O)(=O)c1ccc(Oc2ccc(Br)cc2)cc1. The van der Waals surface area contributed by atoms with Crippen molar-refractivity contribution in [3.63, 3.8) is 0 Å². The molecule has 0 aliphatic carbocycles. The van der Waals surface area contributed by atoms with Crippen LogP contribution in [0.1, 0.15) is 20.8 Å². The number of hydrogen-bond donors (Lipinski definition) is 1. The molecule has 2 aromatic rings. The summed E-state index contributed by atoms with van der Waals surface area (Å²) in [5.41, 5.74) is -0.522. The third kappa shape index (κ3) is 4.83. The van der Waals surface area contributed by atoms with Crippen LogP contribution < -0.4 is 9.46 Å².